The molecule has 0 amide bonds. The molecule has 1 heterocycles. The highest BCUT2D eigenvalue weighted by atomic mass is 32.1. The van der Waals surface area contributed by atoms with E-state index in [2.05, 4.69) is 47.1 Å². The number of benzene rings is 2. The predicted molar refractivity (Wildman–Crippen MR) is 85.4 cm³/mol. The van der Waals surface area contributed by atoms with Crippen molar-refractivity contribution in [1.29, 1.82) is 0 Å². The number of ether oxygens (including phenoxy) is 1. The molecule has 1 N–H and O–H groups in total. The van der Waals surface area contributed by atoms with Crippen molar-refractivity contribution in [3.63, 3.8) is 0 Å². The summed E-state index contributed by atoms with van der Waals surface area (Å²) in [5.41, 5.74) is 2.52. The van der Waals surface area contributed by atoms with Crippen LogP contribution in [0.25, 0.3) is 10.1 Å². The molecule has 2 nitrogen and oxygen atoms in total. The molecule has 0 bridgehead atoms. The lowest BCUT2D eigenvalue weighted by Crippen LogP contribution is -2.04. The fourth-order valence-electron chi connectivity index (χ4n) is 2.21. The summed E-state index contributed by atoms with van der Waals surface area (Å²) in [6, 6.07) is 16.7. The third kappa shape index (κ3) is 2.84. The monoisotopic (exact) mass is 283 g/mol. The summed E-state index contributed by atoms with van der Waals surface area (Å²) >= 11 is 1.77. The summed E-state index contributed by atoms with van der Waals surface area (Å²) in [5, 5.41) is 6.61. The summed E-state index contributed by atoms with van der Waals surface area (Å²) in [5.74, 6) is 0.917. The minimum absolute atomic E-state index is 0.620. The number of hydrogen-bond donors (Lipinski definition) is 1. The average Bonchev–Trinajstić information content (AvgIpc) is 2.90. The largest absolute Gasteiger partial charge is 0.489 e. The zero-order valence-electron chi connectivity index (χ0n) is 11.4. The maximum atomic E-state index is 5.88. The minimum Gasteiger partial charge on any atom is -0.489 e. The minimum atomic E-state index is 0.620. The molecule has 3 rings (SSSR count). The fraction of sp³-hybridized carbons (Fsp3) is 0.176. The molecule has 102 valence electrons. The zero-order chi connectivity index (χ0) is 13.8. The Bertz CT molecular complexity index is 688. The average molecular weight is 283 g/mol. The number of thiophene rings is 1. The molecule has 0 aliphatic rings. The summed E-state index contributed by atoms with van der Waals surface area (Å²) in [6.07, 6.45) is 0. The van der Waals surface area contributed by atoms with Gasteiger partial charge in [-0.25, -0.2) is 0 Å². The van der Waals surface area contributed by atoms with Crippen molar-refractivity contribution in [2.45, 2.75) is 13.2 Å². The molecule has 0 saturated heterocycles. The van der Waals surface area contributed by atoms with E-state index in [4.69, 9.17) is 4.74 Å². The molecule has 0 aliphatic carbocycles. The van der Waals surface area contributed by atoms with Crippen LogP contribution in [0, 0.1) is 0 Å². The van der Waals surface area contributed by atoms with E-state index in [1.165, 1.54) is 21.2 Å². The van der Waals surface area contributed by atoms with E-state index in [1.807, 2.05) is 19.2 Å². The van der Waals surface area contributed by atoms with Crippen molar-refractivity contribution >= 4 is 21.4 Å². The molecule has 0 fully saturated rings. The van der Waals surface area contributed by atoms with Gasteiger partial charge in [0.1, 0.15) is 12.4 Å². The molecule has 20 heavy (non-hydrogen) atoms. The molecule has 0 radical (unpaired) electrons. The summed E-state index contributed by atoms with van der Waals surface area (Å²) in [7, 11) is 1.95. The van der Waals surface area contributed by atoms with Crippen LogP contribution in [0.4, 0.5) is 0 Å². The first kappa shape index (κ1) is 13.2. The number of fused-ring (bicyclic) bond motifs is 1. The summed E-state index contributed by atoms with van der Waals surface area (Å²) in [4.78, 5) is 0. The Kier molecular flexibility index (Phi) is 4.00. The molecule has 0 unspecified atom stereocenters. The van der Waals surface area contributed by atoms with Crippen LogP contribution in [-0.2, 0) is 13.2 Å². The van der Waals surface area contributed by atoms with Crippen LogP contribution in [0.1, 0.15) is 11.1 Å². The van der Waals surface area contributed by atoms with Crippen molar-refractivity contribution in [3.05, 3.63) is 65.0 Å². The van der Waals surface area contributed by atoms with Crippen LogP contribution in [-0.4, -0.2) is 7.05 Å². The first-order valence-corrected chi connectivity index (χ1v) is 7.56. The molecular weight excluding hydrogens is 266 g/mol. The Balaban J connectivity index is 1.69. The Morgan fingerprint density at radius 2 is 1.85 bits per heavy atom. The van der Waals surface area contributed by atoms with Gasteiger partial charge in [0.2, 0.25) is 0 Å². The van der Waals surface area contributed by atoms with E-state index >= 15 is 0 Å². The van der Waals surface area contributed by atoms with Gasteiger partial charge < -0.3 is 10.1 Å². The Hall–Kier alpha value is -1.84. The van der Waals surface area contributed by atoms with Gasteiger partial charge in [-0.3, -0.25) is 0 Å². The normalized spacial score (nSPS) is 10.8. The second-order valence-electron chi connectivity index (χ2n) is 4.72. The standard InChI is InChI=1S/C17H17NOS/c1-18-10-13-6-8-15(9-7-13)19-11-14-12-20-17-5-3-2-4-16(14)17/h2-9,12,18H,10-11H2,1H3. The lowest BCUT2D eigenvalue weighted by atomic mass is 10.2. The van der Waals surface area contributed by atoms with E-state index in [9.17, 15) is 0 Å². The second kappa shape index (κ2) is 6.07. The predicted octanol–water partition coefficient (Wildman–Crippen LogP) is 4.20. The number of nitrogens with one attached hydrogen (secondary N) is 1. The van der Waals surface area contributed by atoms with Crippen molar-refractivity contribution in [2.75, 3.05) is 7.05 Å². The second-order valence-corrected chi connectivity index (χ2v) is 5.63. The summed E-state index contributed by atoms with van der Waals surface area (Å²) < 4.78 is 7.19. The van der Waals surface area contributed by atoms with Gasteiger partial charge in [-0.05, 0) is 41.6 Å². The molecule has 0 saturated carbocycles. The van der Waals surface area contributed by atoms with E-state index in [1.54, 1.807) is 11.3 Å². The maximum Gasteiger partial charge on any atom is 0.119 e. The van der Waals surface area contributed by atoms with E-state index in [0.29, 0.717) is 6.61 Å². The summed E-state index contributed by atoms with van der Waals surface area (Å²) in [6.45, 7) is 1.50. The van der Waals surface area contributed by atoms with Gasteiger partial charge in [-0.1, -0.05) is 30.3 Å². The Morgan fingerprint density at radius 3 is 2.65 bits per heavy atom. The van der Waals surface area contributed by atoms with Crippen molar-refractivity contribution < 1.29 is 4.74 Å². The van der Waals surface area contributed by atoms with Gasteiger partial charge in [0.25, 0.3) is 0 Å². The highest BCUT2D eigenvalue weighted by Crippen LogP contribution is 2.26. The zero-order valence-corrected chi connectivity index (χ0v) is 12.2. The Labute approximate surface area is 123 Å². The highest BCUT2D eigenvalue weighted by Gasteiger charge is 2.04. The topological polar surface area (TPSA) is 21.3 Å². The highest BCUT2D eigenvalue weighted by molar-refractivity contribution is 7.17. The first-order valence-electron chi connectivity index (χ1n) is 6.68. The molecule has 0 atom stereocenters. The molecule has 3 aromatic rings. The van der Waals surface area contributed by atoms with Crippen molar-refractivity contribution in [3.8, 4) is 5.75 Å². The molecule has 1 aromatic heterocycles. The third-order valence-electron chi connectivity index (χ3n) is 3.26. The SMILES string of the molecule is CNCc1ccc(OCc2csc3ccccc23)cc1. The molecule has 3 heteroatoms. The number of hydrogen-bond acceptors (Lipinski definition) is 3. The lowest BCUT2D eigenvalue weighted by molar-refractivity contribution is 0.308. The first-order chi connectivity index (χ1) is 9.86. The fourth-order valence-corrected chi connectivity index (χ4v) is 3.16. The maximum absolute atomic E-state index is 5.88. The molecular formula is C17H17NOS. The third-order valence-corrected chi connectivity index (χ3v) is 4.27. The van der Waals surface area contributed by atoms with Gasteiger partial charge in [-0.2, -0.15) is 0 Å². The van der Waals surface area contributed by atoms with Gasteiger partial charge in [0.05, 0.1) is 0 Å². The van der Waals surface area contributed by atoms with Crippen LogP contribution in [0.15, 0.2) is 53.9 Å². The Morgan fingerprint density at radius 1 is 1.05 bits per heavy atom. The van der Waals surface area contributed by atoms with Crippen LogP contribution < -0.4 is 10.1 Å². The molecule has 2 aromatic carbocycles. The van der Waals surface area contributed by atoms with Gasteiger partial charge in [-0.15, -0.1) is 11.3 Å². The van der Waals surface area contributed by atoms with Crippen molar-refractivity contribution in [1.82, 2.24) is 5.32 Å². The van der Waals surface area contributed by atoms with E-state index < -0.39 is 0 Å². The smallest absolute Gasteiger partial charge is 0.119 e. The van der Waals surface area contributed by atoms with E-state index in [-0.39, 0.29) is 0 Å². The van der Waals surface area contributed by atoms with Crippen molar-refractivity contribution in [2.24, 2.45) is 0 Å². The van der Waals surface area contributed by atoms with Crippen LogP contribution in [0.3, 0.4) is 0 Å². The van der Waals surface area contributed by atoms with Gasteiger partial charge in [0, 0.05) is 16.8 Å². The molecule has 0 spiro atoms. The van der Waals surface area contributed by atoms with Crippen LogP contribution in [0.2, 0.25) is 0 Å². The molecule has 0 aliphatic heterocycles. The van der Waals surface area contributed by atoms with Crippen LogP contribution in [0.5, 0.6) is 5.75 Å². The van der Waals surface area contributed by atoms with Gasteiger partial charge >= 0.3 is 0 Å². The van der Waals surface area contributed by atoms with E-state index in [0.717, 1.165) is 12.3 Å². The van der Waals surface area contributed by atoms with Crippen LogP contribution >= 0.6 is 11.3 Å². The quantitative estimate of drug-likeness (QED) is 0.757. The van der Waals surface area contributed by atoms with Gasteiger partial charge in [0.15, 0.2) is 0 Å². The lowest BCUT2D eigenvalue weighted by Gasteiger charge is -2.07. The number of rotatable bonds is 5.